The summed E-state index contributed by atoms with van der Waals surface area (Å²) >= 11 is 0.962. The Hall–Kier alpha value is -3.74. The molecule has 14 heteroatoms. The number of likely N-dealkylation sites (tertiary alicyclic amines) is 1. The minimum absolute atomic E-state index is 0.0255. The van der Waals surface area contributed by atoms with Crippen molar-refractivity contribution < 1.29 is 23.0 Å². The molecule has 6 aliphatic rings. The second-order valence-corrected chi connectivity index (χ2v) is 15.8. The van der Waals surface area contributed by atoms with Gasteiger partial charge in [-0.15, -0.1) is 11.3 Å². The van der Waals surface area contributed by atoms with E-state index in [9.17, 15) is 5.26 Å². The molecule has 4 aromatic rings. The molecule has 10 rings (SSSR count). The third-order valence-corrected chi connectivity index (χ3v) is 12.8. The number of pyridine rings is 1. The van der Waals surface area contributed by atoms with Gasteiger partial charge >= 0.3 is 6.01 Å². The lowest BCUT2D eigenvalue weighted by molar-refractivity contribution is 0.131. The van der Waals surface area contributed by atoms with E-state index in [2.05, 4.69) is 26.2 Å². The van der Waals surface area contributed by atoms with Crippen molar-refractivity contribution in [1.82, 2.24) is 25.2 Å². The maximum absolute atomic E-state index is 17.4. The summed E-state index contributed by atoms with van der Waals surface area (Å²) in [4.78, 5) is 19.1. The molecule has 4 saturated heterocycles. The van der Waals surface area contributed by atoms with Gasteiger partial charge in [0.2, 0.25) is 0 Å². The number of nitrogen functional groups attached to an aromatic ring is 1. The smallest absolute Gasteiger partial charge is 0.319 e. The van der Waals surface area contributed by atoms with Crippen LogP contribution >= 0.6 is 11.3 Å². The summed E-state index contributed by atoms with van der Waals surface area (Å²) in [5.74, 6) is 0.684. The van der Waals surface area contributed by atoms with Crippen molar-refractivity contribution in [3.05, 3.63) is 34.5 Å². The van der Waals surface area contributed by atoms with Crippen LogP contribution in [0, 0.1) is 40.2 Å². The number of nitrogens with two attached hydrogens (primary N) is 1. The molecule has 0 amide bonds. The quantitative estimate of drug-likeness (QED) is 0.288. The molecule has 49 heavy (non-hydrogen) atoms. The number of halogens is 2. The van der Waals surface area contributed by atoms with Gasteiger partial charge in [0.1, 0.15) is 22.4 Å². The number of anilines is 2. The Balaban J connectivity index is 1.10. The lowest BCUT2D eigenvalue weighted by Crippen LogP contribution is -2.52. The van der Waals surface area contributed by atoms with Crippen LogP contribution in [-0.4, -0.2) is 84.5 Å². The van der Waals surface area contributed by atoms with Crippen molar-refractivity contribution in [2.45, 2.75) is 51.0 Å². The first-order chi connectivity index (χ1) is 23.9. The summed E-state index contributed by atoms with van der Waals surface area (Å²) in [5.41, 5.74) is 8.09. The van der Waals surface area contributed by atoms with Gasteiger partial charge < -0.3 is 35.1 Å². The van der Waals surface area contributed by atoms with Crippen molar-refractivity contribution in [3.8, 4) is 23.3 Å². The van der Waals surface area contributed by atoms with Crippen LogP contribution in [0.3, 0.4) is 0 Å². The van der Waals surface area contributed by atoms with E-state index in [1.807, 2.05) is 0 Å². The topological polar surface area (TPSA) is 135 Å². The summed E-state index contributed by atoms with van der Waals surface area (Å²) in [5, 5.41) is 14.5. The van der Waals surface area contributed by atoms with Crippen LogP contribution < -0.4 is 20.7 Å². The molecule has 0 spiro atoms. The zero-order valence-corrected chi connectivity index (χ0v) is 27.8. The van der Waals surface area contributed by atoms with E-state index in [0.717, 1.165) is 94.7 Å². The van der Waals surface area contributed by atoms with Crippen molar-refractivity contribution in [2.24, 2.45) is 17.3 Å². The average Bonchev–Trinajstić information content (AvgIpc) is 3.57. The van der Waals surface area contributed by atoms with E-state index in [1.54, 1.807) is 0 Å². The minimum atomic E-state index is -0.615. The highest BCUT2D eigenvalue weighted by Crippen LogP contribution is 2.50. The van der Waals surface area contributed by atoms with Gasteiger partial charge in [0.05, 0.1) is 60.6 Å². The summed E-state index contributed by atoms with van der Waals surface area (Å²) in [6, 6.07) is 2.66. The average molecular weight is 687 g/mol. The number of nitriles is 1. The predicted molar refractivity (Wildman–Crippen MR) is 179 cm³/mol. The Morgan fingerprint density at radius 1 is 1.06 bits per heavy atom. The number of hydrogen-bond acceptors (Lipinski definition) is 12. The first-order valence-corrected chi connectivity index (χ1v) is 18.0. The fourth-order valence-electron chi connectivity index (χ4n) is 9.13. The molecule has 2 unspecified atom stereocenters. The Bertz CT molecular complexity index is 2050. The highest BCUT2D eigenvalue weighted by Gasteiger charge is 2.48. The van der Waals surface area contributed by atoms with E-state index in [0.29, 0.717) is 35.2 Å². The van der Waals surface area contributed by atoms with Crippen molar-refractivity contribution >= 4 is 43.1 Å². The third-order valence-electron chi connectivity index (χ3n) is 11.8. The van der Waals surface area contributed by atoms with E-state index in [1.165, 1.54) is 0 Å². The molecule has 3 N–H and O–H groups in total. The minimum Gasteiger partial charge on any atom is -0.463 e. The van der Waals surface area contributed by atoms with Gasteiger partial charge in [-0.25, -0.2) is 8.78 Å². The molecule has 2 bridgehead atoms. The van der Waals surface area contributed by atoms with Crippen molar-refractivity contribution in [3.63, 3.8) is 0 Å². The number of nitrogens with one attached hydrogen (secondary N) is 1. The van der Waals surface area contributed by atoms with Crippen LogP contribution in [0.2, 0.25) is 0 Å². The molecule has 11 nitrogen and oxygen atoms in total. The Morgan fingerprint density at radius 3 is 2.55 bits per heavy atom. The van der Waals surface area contributed by atoms with Gasteiger partial charge in [-0.05, 0) is 36.8 Å². The van der Waals surface area contributed by atoms with Crippen LogP contribution in [-0.2, 0) is 22.7 Å². The predicted octanol–water partition coefficient (Wildman–Crippen LogP) is 4.35. The van der Waals surface area contributed by atoms with Crippen LogP contribution in [0.1, 0.15) is 42.4 Å². The number of hydrogen-bond donors (Lipinski definition) is 2. The highest BCUT2D eigenvalue weighted by atomic mass is 32.1. The van der Waals surface area contributed by atoms with E-state index in [4.69, 9.17) is 29.9 Å². The van der Waals surface area contributed by atoms with Crippen LogP contribution in [0.25, 0.3) is 32.2 Å². The van der Waals surface area contributed by atoms with Gasteiger partial charge in [-0.2, -0.15) is 15.2 Å². The van der Waals surface area contributed by atoms with Crippen LogP contribution in [0.5, 0.6) is 6.01 Å². The number of fused-ring (bicyclic) bond motifs is 7. The normalized spacial score (nSPS) is 26.8. The molecule has 3 aromatic heterocycles. The molecule has 5 aliphatic heterocycles. The molecule has 5 fully saturated rings. The zero-order valence-electron chi connectivity index (χ0n) is 26.9. The second kappa shape index (κ2) is 11.1. The van der Waals surface area contributed by atoms with E-state index < -0.39 is 11.6 Å². The number of ether oxygens (including phenoxy) is 3. The SMILES string of the molecule is N#Cc1c(N)sc2c(F)cnc(-c3c4c(c5c(N6C7CCC6CNC7)nc(OCC6(CN7C[C@H]8COC[C@H]8C7)CC6)nc5c3F)COC4)c12. The third kappa shape index (κ3) is 4.66. The molecule has 0 radical (unpaired) electrons. The fraction of sp³-hybridized carbons (Fsp3) is 0.543. The molecule has 1 aliphatic carbocycles. The highest BCUT2D eigenvalue weighted by molar-refractivity contribution is 7.23. The molecular weight excluding hydrogens is 651 g/mol. The van der Waals surface area contributed by atoms with E-state index >= 15 is 8.78 Å². The van der Waals surface area contributed by atoms with Gasteiger partial charge in [0.25, 0.3) is 0 Å². The lowest BCUT2D eigenvalue weighted by atomic mass is 9.93. The summed E-state index contributed by atoms with van der Waals surface area (Å²) in [6.45, 7) is 7.25. The van der Waals surface area contributed by atoms with Crippen molar-refractivity contribution in [1.29, 1.82) is 5.26 Å². The first-order valence-electron chi connectivity index (χ1n) is 17.2. The molecule has 1 aromatic carbocycles. The van der Waals surface area contributed by atoms with E-state index in [-0.39, 0.29) is 74.1 Å². The number of thiophene rings is 1. The Labute approximate surface area is 285 Å². The molecule has 4 atom stereocenters. The number of piperazine rings is 1. The summed E-state index contributed by atoms with van der Waals surface area (Å²) in [6.07, 6.45) is 5.22. The molecule has 1 saturated carbocycles. The Morgan fingerprint density at radius 2 is 1.82 bits per heavy atom. The van der Waals surface area contributed by atoms with Gasteiger partial charge in [-0.1, -0.05) is 0 Å². The Kier molecular flexibility index (Phi) is 6.84. The van der Waals surface area contributed by atoms with Gasteiger partial charge in [0, 0.05) is 73.0 Å². The monoisotopic (exact) mass is 686 g/mol. The van der Waals surface area contributed by atoms with Gasteiger partial charge in [0.15, 0.2) is 11.6 Å². The fourth-order valence-corrected chi connectivity index (χ4v) is 10.1. The van der Waals surface area contributed by atoms with Crippen molar-refractivity contribution in [2.75, 3.05) is 63.2 Å². The standard InChI is InChI=1S/C35H36F2N8O3S/c36-24-8-41-29(26-21(5-38)32(39)49-31(24)26)25-22-13-47-14-23(22)27-30(28(25)37)42-34(43-33(27)45-19-1-2-20(45)7-40-6-19)48-16-35(3-4-35)15-44-9-17-11-46-12-18(17)10-44/h8,17-20,40H,1-4,6-7,9-16,39H2/t17-,18+,19?,20?. The summed E-state index contributed by atoms with van der Waals surface area (Å²) < 4.78 is 50.7. The van der Waals surface area contributed by atoms with Crippen LogP contribution in [0.4, 0.5) is 19.6 Å². The largest absolute Gasteiger partial charge is 0.463 e. The number of rotatable bonds is 7. The number of benzene rings is 1. The number of aromatic nitrogens is 3. The maximum atomic E-state index is 17.4. The molecule has 254 valence electrons. The lowest BCUT2D eigenvalue weighted by Gasteiger charge is -2.37. The van der Waals surface area contributed by atoms with Crippen LogP contribution in [0.15, 0.2) is 6.20 Å². The van der Waals surface area contributed by atoms with Gasteiger partial charge in [-0.3, -0.25) is 4.98 Å². The zero-order chi connectivity index (χ0) is 33.0. The second-order valence-electron chi connectivity index (χ2n) is 14.8. The maximum Gasteiger partial charge on any atom is 0.319 e. The first kappa shape index (κ1) is 30.1. The summed E-state index contributed by atoms with van der Waals surface area (Å²) in [7, 11) is 0. The number of nitrogens with zero attached hydrogens (tertiary/aromatic N) is 6. The molecular formula is C35H36F2N8O3S. The molecule has 8 heterocycles.